The average Bonchev–Trinajstić information content (AvgIpc) is 2.73. The predicted molar refractivity (Wildman–Crippen MR) is 59.9 cm³/mol. The second-order valence-corrected chi connectivity index (χ2v) is 3.20. The minimum Gasteiger partial charge on any atom is -0.363 e. The van der Waals surface area contributed by atoms with Crippen molar-refractivity contribution < 1.29 is 0 Å². The van der Waals surface area contributed by atoms with Crippen LogP contribution in [-0.4, -0.2) is 31.8 Å². The summed E-state index contributed by atoms with van der Waals surface area (Å²) < 4.78 is 1.66. The van der Waals surface area contributed by atoms with E-state index in [1.54, 1.807) is 30.3 Å². The molecule has 0 bridgehead atoms. The van der Waals surface area contributed by atoms with Gasteiger partial charge in [0.2, 0.25) is 5.95 Å². The van der Waals surface area contributed by atoms with Crippen LogP contribution in [0, 0.1) is 0 Å². The van der Waals surface area contributed by atoms with Gasteiger partial charge < -0.3 is 10.6 Å². The first-order valence-corrected chi connectivity index (χ1v) is 4.87. The van der Waals surface area contributed by atoms with Gasteiger partial charge in [-0.1, -0.05) is 0 Å². The Bertz CT molecular complexity index is 464. The maximum absolute atomic E-state index is 4.22. The molecule has 7 nitrogen and oxygen atoms in total. The van der Waals surface area contributed by atoms with E-state index in [0.717, 1.165) is 11.6 Å². The Kier molecular flexibility index (Phi) is 2.95. The molecule has 0 amide bonds. The third-order valence-electron chi connectivity index (χ3n) is 1.95. The molecule has 0 saturated heterocycles. The highest BCUT2D eigenvalue weighted by Gasteiger charge is 2.00. The third kappa shape index (κ3) is 2.44. The lowest BCUT2D eigenvalue weighted by atomic mass is 10.5. The molecule has 0 aromatic carbocycles. The summed E-state index contributed by atoms with van der Waals surface area (Å²) in [5, 5.41) is 10.1. The normalized spacial score (nSPS) is 10.1. The molecular weight excluding hydrogens is 206 g/mol. The molecule has 0 saturated carbocycles. The minimum absolute atomic E-state index is 0.543. The Morgan fingerprint density at radius 3 is 2.94 bits per heavy atom. The molecule has 0 aliphatic rings. The lowest BCUT2D eigenvalue weighted by Crippen LogP contribution is -2.05. The van der Waals surface area contributed by atoms with Crippen molar-refractivity contribution in [2.45, 2.75) is 6.54 Å². The van der Waals surface area contributed by atoms with Crippen LogP contribution in [-0.2, 0) is 13.6 Å². The summed E-state index contributed by atoms with van der Waals surface area (Å²) in [6, 6.07) is 1.80. The molecule has 2 N–H and O–H groups in total. The first-order chi connectivity index (χ1) is 7.78. The van der Waals surface area contributed by atoms with Gasteiger partial charge in [-0.15, -0.1) is 0 Å². The topological polar surface area (TPSA) is 80.5 Å². The van der Waals surface area contributed by atoms with Crippen molar-refractivity contribution in [1.29, 1.82) is 0 Å². The van der Waals surface area contributed by atoms with Gasteiger partial charge in [-0.2, -0.15) is 10.1 Å². The zero-order valence-electron chi connectivity index (χ0n) is 9.18. The van der Waals surface area contributed by atoms with Gasteiger partial charge in [0.05, 0.1) is 6.54 Å². The minimum atomic E-state index is 0.543. The number of hydrogen-bond acceptors (Lipinski definition) is 6. The van der Waals surface area contributed by atoms with E-state index in [9.17, 15) is 0 Å². The van der Waals surface area contributed by atoms with Gasteiger partial charge in [-0.25, -0.2) is 9.97 Å². The van der Waals surface area contributed by atoms with Crippen molar-refractivity contribution in [1.82, 2.24) is 24.7 Å². The fraction of sp³-hybridized carbons (Fsp3) is 0.333. The SMILES string of the molecule is CNc1nccc(NCc2ncn(C)n2)n1. The second-order valence-electron chi connectivity index (χ2n) is 3.20. The van der Waals surface area contributed by atoms with Crippen LogP contribution in [0.25, 0.3) is 0 Å². The molecule has 0 atom stereocenters. The maximum Gasteiger partial charge on any atom is 0.224 e. The Morgan fingerprint density at radius 1 is 1.38 bits per heavy atom. The molecule has 2 aromatic rings. The van der Waals surface area contributed by atoms with Gasteiger partial charge in [0.15, 0.2) is 5.82 Å². The number of anilines is 2. The summed E-state index contributed by atoms with van der Waals surface area (Å²) in [7, 11) is 3.61. The maximum atomic E-state index is 4.22. The van der Waals surface area contributed by atoms with Crippen molar-refractivity contribution >= 4 is 11.8 Å². The lowest BCUT2D eigenvalue weighted by molar-refractivity contribution is 0.747. The molecule has 84 valence electrons. The van der Waals surface area contributed by atoms with E-state index in [0.29, 0.717) is 12.5 Å². The fourth-order valence-corrected chi connectivity index (χ4v) is 1.21. The highest BCUT2D eigenvalue weighted by Crippen LogP contribution is 2.05. The molecule has 2 aromatic heterocycles. The lowest BCUT2D eigenvalue weighted by Gasteiger charge is -2.04. The molecule has 2 heterocycles. The van der Waals surface area contributed by atoms with Crippen LogP contribution in [0.3, 0.4) is 0 Å². The smallest absolute Gasteiger partial charge is 0.224 e. The number of nitrogens with zero attached hydrogens (tertiary/aromatic N) is 5. The van der Waals surface area contributed by atoms with Crippen molar-refractivity contribution in [3.8, 4) is 0 Å². The summed E-state index contributed by atoms with van der Waals surface area (Å²) >= 11 is 0. The van der Waals surface area contributed by atoms with Crippen molar-refractivity contribution in [3.05, 3.63) is 24.4 Å². The van der Waals surface area contributed by atoms with Crippen LogP contribution in [0.5, 0.6) is 0 Å². The molecule has 0 radical (unpaired) electrons. The molecule has 0 fully saturated rings. The average molecular weight is 219 g/mol. The number of hydrogen-bond donors (Lipinski definition) is 2. The van der Waals surface area contributed by atoms with Crippen molar-refractivity contribution in [2.75, 3.05) is 17.7 Å². The van der Waals surface area contributed by atoms with Gasteiger partial charge in [0, 0.05) is 20.3 Å². The Balaban J connectivity index is 1.99. The van der Waals surface area contributed by atoms with E-state index in [2.05, 4.69) is 30.7 Å². The van der Waals surface area contributed by atoms with E-state index < -0.39 is 0 Å². The summed E-state index contributed by atoms with van der Waals surface area (Å²) in [5.74, 6) is 2.05. The summed E-state index contributed by atoms with van der Waals surface area (Å²) in [4.78, 5) is 12.3. The van der Waals surface area contributed by atoms with Crippen LogP contribution >= 0.6 is 0 Å². The molecule has 7 heteroatoms. The van der Waals surface area contributed by atoms with Crippen molar-refractivity contribution in [2.24, 2.45) is 7.05 Å². The molecule has 0 spiro atoms. The van der Waals surface area contributed by atoms with Crippen molar-refractivity contribution in [3.63, 3.8) is 0 Å². The molecular formula is C9H13N7. The van der Waals surface area contributed by atoms with E-state index in [4.69, 9.17) is 0 Å². The molecule has 0 aliphatic carbocycles. The zero-order chi connectivity index (χ0) is 11.4. The van der Waals surface area contributed by atoms with Gasteiger partial charge >= 0.3 is 0 Å². The summed E-state index contributed by atoms with van der Waals surface area (Å²) in [6.45, 7) is 0.543. The molecule has 2 rings (SSSR count). The highest BCUT2D eigenvalue weighted by atomic mass is 15.3. The monoisotopic (exact) mass is 219 g/mol. The fourth-order valence-electron chi connectivity index (χ4n) is 1.21. The Hall–Kier alpha value is -2.18. The number of aromatic nitrogens is 5. The highest BCUT2D eigenvalue weighted by molar-refractivity contribution is 5.39. The van der Waals surface area contributed by atoms with E-state index >= 15 is 0 Å². The van der Waals surface area contributed by atoms with Crippen LogP contribution in [0.15, 0.2) is 18.6 Å². The third-order valence-corrected chi connectivity index (χ3v) is 1.95. The van der Waals surface area contributed by atoms with Crippen LogP contribution in [0.4, 0.5) is 11.8 Å². The standard InChI is InChI=1S/C9H13N7/c1-10-9-11-4-3-7(14-9)12-5-8-13-6-16(2)15-8/h3-4,6H,5H2,1-2H3,(H2,10,11,12,14). The quantitative estimate of drug-likeness (QED) is 0.767. The first-order valence-electron chi connectivity index (χ1n) is 4.87. The largest absolute Gasteiger partial charge is 0.363 e. The molecule has 0 aliphatic heterocycles. The van der Waals surface area contributed by atoms with Gasteiger partial charge in [-0.3, -0.25) is 4.68 Å². The second kappa shape index (κ2) is 4.56. The number of aryl methyl sites for hydroxylation is 1. The van der Waals surface area contributed by atoms with Crippen LogP contribution in [0.1, 0.15) is 5.82 Å². The predicted octanol–water partition coefficient (Wildman–Crippen LogP) is 0.259. The van der Waals surface area contributed by atoms with Crippen LogP contribution < -0.4 is 10.6 Å². The van der Waals surface area contributed by atoms with Gasteiger partial charge in [0.25, 0.3) is 0 Å². The Labute approximate surface area is 92.9 Å². The summed E-state index contributed by atoms with van der Waals surface area (Å²) in [5.41, 5.74) is 0. The van der Waals surface area contributed by atoms with Gasteiger partial charge in [-0.05, 0) is 6.07 Å². The number of rotatable bonds is 4. The molecule has 16 heavy (non-hydrogen) atoms. The van der Waals surface area contributed by atoms with E-state index in [-0.39, 0.29) is 0 Å². The number of nitrogens with one attached hydrogen (secondary N) is 2. The summed E-state index contributed by atoms with van der Waals surface area (Å²) in [6.07, 6.45) is 3.35. The van der Waals surface area contributed by atoms with E-state index in [1.165, 1.54) is 0 Å². The van der Waals surface area contributed by atoms with Crippen LogP contribution in [0.2, 0.25) is 0 Å². The first kappa shape index (κ1) is 10.3. The Morgan fingerprint density at radius 2 is 2.25 bits per heavy atom. The zero-order valence-corrected chi connectivity index (χ0v) is 9.18. The van der Waals surface area contributed by atoms with Gasteiger partial charge in [0.1, 0.15) is 12.1 Å². The van der Waals surface area contributed by atoms with E-state index in [1.807, 2.05) is 7.05 Å². The molecule has 0 unspecified atom stereocenters.